The van der Waals surface area contributed by atoms with Gasteiger partial charge in [0.1, 0.15) is 12.4 Å². The van der Waals surface area contributed by atoms with Gasteiger partial charge in [-0.2, -0.15) is 0 Å². The predicted octanol–water partition coefficient (Wildman–Crippen LogP) is 5.55. The Morgan fingerprint density at radius 2 is 1.50 bits per heavy atom. The van der Waals surface area contributed by atoms with Crippen molar-refractivity contribution in [2.24, 2.45) is 5.92 Å². The van der Waals surface area contributed by atoms with Crippen LogP contribution in [0, 0.1) is 5.92 Å². The largest absolute Gasteiger partial charge is 0.448 e. The molecule has 0 aromatic heterocycles. The van der Waals surface area contributed by atoms with Crippen molar-refractivity contribution in [1.29, 1.82) is 0 Å². The third kappa shape index (κ3) is 3.23. The summed E-state index contributed by atoms with van der Waals surface area (Å²) < 4.78 is 5.94. The first-order valence-electron chi connectivity index (χ1n) is 11.3. The lowest BCUT2D eigenvalue weighted by Gasteiger charge is -2.47. The standard InChI is InChI=1S/C26H29NO3/c1-2-25(28)17-14-18-8-7-9-19(15-17)27(18)26(29)30-16-24-22-12-5-3-10-20(22)21-11-4-6-13-23(21)24/h3-6,10-13,17-19,24H,2,7-9,14-16H2,1H3. The molecule has 2 unspecified atom stereocenters. The number of benzene rings is 2. The Labute approximate surface area is 178 Å². The van der Waals surface area contributed by atoms with E-state index in [1.807, 2.05) is 11.8 Å². The van der Waals surface area contributed by atoms with Gasteiger partial charge in [-0.15, -0.1) is 0 Å². The molecule has 2 atom stereocenters. The summed E-state index contributed by atoms with van der Waals surface area (Å²) in [5, 5.41) is 0. The Kier molecular flexibility index (Phi) is 5.10. The first-order valence-corrected chi connectivity index (χ1v) is 11.3. The zero-order chi connectivity index (χ0) is 20.7. The van der Waals surface area contributed by atoms with Crippen molar-refractivity contribution in [1.82, 2.24) is 4.90 Å². The van der Waals surface area contributed by atoms with Crippen molar-refractivity contribution in [2.75, 3.05) is 6.61 Å². The molecule has 4 nitrogen and oxygen atoms in total. The normalized spacial score (nSPS) is 24.8. The Balaban J connectivity index is 1.32. The molecule has 1 aliphatic carbocycles. The smallest absolute Gasteiger partial charge is 0.410 e. The second kappa shape index (κ2) is 7.90. The summed E-state index contributed by atoms with van der Waals surface area (Å²) in [6.45, 7) is 2.30. The van der Waals surface area contributed by atoms with Crippen LogP contribution in [0.2, 0.25) is 0 Å². The van der Waals surface area contributed by atoms with Crippen LogP contribution in [0.25, 0.3) is 11.1 Å². The van der Waals surface area contributed by atoms with E-state index in [9.17, 15) is 9.59 Å². The number of fused-ring (bicyclic) bond motifs is 5. The van der Waals surface area contributed by atoms with Crippen LogP contribution >= 0.6 is 0 Å². The maximum absolute atomic E-state index is 13.2. The third-order valence-electron chi connectivity index (χ3n) is 7.33. The fraction of sp³-hybridized carbons (Fsp3) is 0.462. The molecule has 0 saturated carbocycles. The molecule has 1 amide bonds. The van der Waals surface area contributed by atoms with Crippen LogP contribution < -0.4 is 0 Å². The molecule has 0 N–H and O–H groups in total. The summed E-state index contributed by atoms with van der Waals surface area (Å²) in [7, 11) is 0. The zero-order valence-corrected chi connectivity index (χ0v) is 17.5. The van der Waals surface area contributed by atoms with Gasteiger partial charge in [-0.05, 0) is 54.4 Å². The van der Waals surface area contributed by atoms with Crippen LogP contribution in [-0.4, -0.2) is 35.5 Å². The molecule has 30 heavy (non-hydrogen) atoms. The van der Waals surface area contributed by atoms with E-state index in [0.29, 0.717) is 18.8 Å². The van der Waals surface area contributed by atoms with Gasteiger partial charge in [0, 0.05) is 30.3 Å². The summed E-state index contributed by atoms with van der Waals surface area (Å²) in [5.74, 6) is 0.544. The molecule has 3 aliphatic rings. The summed E-state index contributed by atoms with van der Waals surface area (Å²) in [4.78, 5) is 27.4. The zero-order valence-electron chi connectivity index (χ0n) is 17.5. The monoisotopic (exact) mass is 403 g/mol. The maximum atomic E-state index is 13.2. The summed E-state index contributed by atoms with van der Waals surface area (Å²) in [6.07, 6.45) is 5.09. The number of ether oxygens (including phenoxy) is 1. The number of rotatable bonds is 4. The van der Waals surface area contributed by atoms with Crippen LogP contribution in [0.5, 0.6) is 0 Å². The van der Waals surface area contributed by atoms with E-state index in [1.165, 1.54) is 22.3 Å². The lowest BCUT2D eigenvalue weighted by molar-refractivity contribution is -0.126. The number of ketones is 1. The van der Waals surface area contributed by atoms with Crippen LogP contribution in [0.4, 0.5) is 4.79 Å². The Bertz CT molecular complexity index is 909. The molecule has 4 heteroatoms. The molecule has 156 valence electrons. The van der Waals surface area contributed by atoms with E-state index in [1.54, 1.807) is 0 Å². The molecular formula is C26H29NO3. The summed E-state index contributed by atoms with van der Waals surface area (Å²) in [5.41, 5.74) is 4.95. The van der Waals surface area contributed by atoms with Gasteiger partial charge in [-0.1, -0.05) is 55.5 Å². The molecule has 0 radical (unpaired) electrons. The van der Waals surface area contributed by atoms with Crippen molar-refractivity contribution in [2.45, 2.75) is 63.5 Å². The van der Waals surface area contributed by atoms with Crippen LogP contribution in [-0.2, 0) is 9.53 Å². The molecule has 2 bridgehead atoms. The lowest BCUT2D eigenvalue weighted by Crippen LogP contribution is -2.55. The Morgan fingerprint density at radius 3 is 2.07 bits per heavy atom. The first kappa shape index (κ1) is 19.3. The SMILES string of the molecule is CCC(=O)C1CC2CCCC(C1)N2C(=O)OCC1c2ccccc2-c2ccccc21. The van der Waals surface area contributed by atoms with Crippen LogP contribution in [0.15, 0.2) is 48.5 Å². The highest BCUT2D eigenvalue weighted by atomic mass is 16.6. The van der Waals surface area contributed by atoms with Gasteiger partial charge in [-0.3, -0.25) is 4.79 Å². The number of piperidine rings is 2. The number of Topliss-reactive ketones (excluding diaryl/α,β-unsaturated/α-hetero) is 1. The average molecular weight is 404 g/mol. The first-order chi connectivity index (χ1) is 14.7. The molecule has 2 heterocycles. The van der Waals surface area contributed by atoms with Crippen LogP contribution in [0.1, 0.15) is 62.5 Å². The van der Waals surface area contributed by atoms with Crippen molar-refractivity contribution in [3.63, 3.8) is 0 Å². The number of carbonyl (C=O) groups is 2. The highest BCUT2D eigenvalue weighted by Gasteiger charge is 2.43. The van der Waals surface area contributed by atoms with Gasteiger partial charge in [0.15, 0.2) is 0 Å². The Morgan fingerprint density at radius 1 is 0.933 bits per heavy atom. The average Bonchev–Trinajstić information content (AvgIpc) is 3.10. The van der Waals surface area contributed by atoms with Gasteiger partial charge in [-0.25, -0.2) is 4.79 Å². The lowest BCUT2D eigenvalue weighted by atomic mass is 9.76. The van der Waals surface area contributed by atoms with E-state index in [0.717, 1.165) is 32.1 Å². The second-order valence-corrected chi connectivity index (χ2v) is 8.94. The number of amides is 1. The minimum Gasteiger partial charge on any atom is -0.448 e. The van der Waals surface area contributed by atoms with E-state index in [2.05, 4.69) is 48.5 Å². The maximum Gasteiger partial charge on any atom is 0.410 e. The van der Waals surface area contributed by atoms with E-state index in [-0.39, 0.29) is 30.0 Å². The quantitative estimate of drug-likeness (QED) is 0.673. The predicted molar refractivity (Wildman–Crippen MR) is 116 cm³/mol. The van der Waals surface area contributed by atoms with Crippen molar-refractivity contribution < 1.29 is 14.3 Å². The highest BCUT2D eigenvalue weighted by molar-refractivity contribution is 5.81. The molecule has 2 aromatic rings. The molecule has 2 fully saturated rings. The Hall–Kier alpha value is -2.62. The molecule has 2 aliphatic heterocycles. The molecule has 0 spiro atoms. The second-order valence-electron chi connectivity index (χ2n) is 8.94. The number of hydrogen-bond acceptors (Lipinski definition) is 3. The van der Waals surface area contributed by atoms with Gasteiger partial charge in [0.2, 0.25) is 0 Å². The summed E-state index contributed by atoms with van der Waals surface area (Å²) in [6, 6.07) is 17.1. The van der Waals surface area contributed by atoms with Gasteiger partial charge < -0.3 is 9.64 Å². The van der Waals surface area contributed by atoms with Crippen molar-refractivity contribution >= 4 is 11.9 Å². The van der Waals surface area contributed by atoms with Crippen molar-refractivity contribution in [3.05, 3.63) is 59.7 Å². The fourth-order valence-corrected chi connectivity index (χ4v) is 5.90. The molecule has 2 saturated heterocycles. The van der Waals surface area contributed by atoms with E-state index >= 15 is 0 Å². The number of nitrogens with zero attached hydrogens (tertiary/aromatic N) is 1. The van der Waals surface area contributed by atoms with E-state index < -0.39 is 0 Å². The fourth-order valence-electron chi connectivity index (χ4n) is 5.90. The van der Waals surface area contributed by atoms with Crippen molar-refractivity contribution in [3.8, 4) is 11.1 Å². The highest BCUT2D eigenvalue weighted by Crippen LogP contribution is 2.45. The number of hydrogen-bond donors (Lipinski definition) is 0. The number of carbonyl (C=O) groups excluding carboxylic acids is 2. The van der Waals surface area contributed by atoms with E-state index in [4.69, 9.17) is 4.74 Å². The van der Waals surface area contributed by atoms with Crippen LogP contribution in [0.3, 0.4) is 0 Å². The molecular weight excluding hydrogens is 374 g/mol. The minimum absolute atomic E-state index is 0.0837. The topological polar surface area (TPSA) is 46.6 Å². The van der Waals surface area contributed by atoms with Gasteiger partial charge in [0.25, 0.3) is 0 Å². The minimum atomic E-state index is -0.200. The molecule has 5 rings (SSSR count). The molecule has 2 aromatic carbocycles. The summed E-state index contributed by atoms with van der Waals surface area (Å²) >= 11 is 0. The third-order valence-corrected chi connectivity index (χ3v) is 7.33. The van der Waals surface area contributed by atoms with Gasteiger partial charge in [0.05, 0.1) is 0 Å². The van der Waals surface area contributed by atoms with Gasteiger partial charge >= 0.3 is 6.09 Å².